The summed E-state index contributed by atoms with van der Waals surface area (Å²) in [4.78, 5) is 55.3. The maximum atomic E-state index is 13.6. The van der Waals surface area contributed by atoms with Crippen molar-refractivity contribution in [2.75, 3.05) is 16.8 Å². The molecule has 0 spiro atoms. The number of primary amides is 1. The van der Waals surface area contributed by atoms with Gasteiger partial charge in [-0.25, -0.2) is 0 Å². The molecule has 0 saturated carbocycles. The van der Waals surface area contributed by atoms with Gasteiger partial charge >= 0.3 is 8.84 Å². The van der Waals surface area contributed by atoms with Gasteiger partial charge in [0.15, 0.2) is 0 Å². The van der Waals surface area contributed by atoms with Crippen LogP contribution >= 0.6 is 0 Å². The number of amides is 4. The minimum absolute atomic E-state index is 0.0644. The molecule has 3 atom stereocenters. The topological polar surface area (TPSA) is 195 Å². The summed E-state index contributed by atoms with van der Waals surface area (Å²) in [5.41, 5.74) is 12.7. The number of unbranched alkanes of at least 4 members (excludes halogenated alkanes) is 1. The predicted molar refractivity (Wildman–Crippen MR) is 156 cm³/mol. The maximum Gasteiger partial charge on any atom is 0.393 e. The van der Waals surface area contributed by atoms with E-state index < -0.39 is 44.6 Å². The molecule has 0 aromatic heterocycles. The fourth-order valence-electron chi connectivity index (χ4n) is 4.41. The number of hydrogen-bond donors (Lipinski definition) is 6. The number of ether oxygens (including phenoxy) is 1. The van der Waals surface area contributed by atoms with Crippen molar-refractivity contribution >= 4 is 43.8 Å². The Morgan fingerprint density at radius 2 is 1.88 bits per heavy atom. The molecule has 4 amide bonds. The van der Waals surface area contributed by atoms with E-state index in [0.717, 1.165) is 0 Å². The molecule has 3 rings (SSSR count). The van der Waals surface area contributed by atoms with E-state index >= 15 is 0 Å². The van der Waals surface area contributed by atoms with Crippen molar-refractivity contribution in [1.82, 2.24) is 10.6 Å². The van der Waals surface area contributed by atoms with E-state index in [0.29, 0.717) is 43.5 Å². The smallest absolute Gasteiger partial charge is 0.393 e. The van der Waals surface area contributed by atoms with Gasteiger partial charge in [0.1, 0.15) is 24.4 Å². The lowest BCUT2D eigenvalue weighted by Gasteiger charge is -2.27. The highest BCUT2D eigenvalue weighted by Gasteiger charge is 2.31. The van der Waals surface area contributed by atoms with Gasteiger partial charge in [0.25, 0.3) is 5.91 Å². The van der Waals surface area contributed by atoms with Crippen LogP contribution in [0.4, 0.5) is 11.4 Å². The third-order valence-electron chi connectivity index (χ3n) is 6.94. The molecular weight excluding hydrogens is 544 g/mol. The lowest BCUT2D eigenvalue weighted by molar-refractivity contribution is -0.128. The number of fused-ring (bicyclic) bond motifs is 2. The van der Waals surface area contributed by atoms with Crippen LogP contribution in [0.3, 0.4) is 0 Å². The van der Waals surface area contributed by atoms with Crippen molar-refractivity contribution in [3.05, 3.63) is 53.1 Å². The summed E-state index contributed by atoms with van der Waals surface area (Å²) >= 11 is 0. The van der Waals surface area contributed by atoms with Crippen LogP contribution in [0, 0.1) is 5.92 Å². The lowest BCUT2D eigenvalue weighted by Crippen LogP contribution is -2.55. The summed E-state index contributed by atoms with van der Waals surface area (Å²) in [5.74, 6) is -2.31. The van der Waals surface area contributed by atoms with Crippen LogP contribution in [0.2, 0.25) is 6.55 Å². The molecule has 41 heavy (non-hydrogen) atoms. The fraction of sp³-hybridized carbons (Fsp3) is 0.429. The first-order chi connectivity index (χ1) is 19.5. The molecule has 12 nitrogen and oxygen atoms in total. The minimum atomic E-state index is -2.11. The van der Waals surface area contributed by atoms with Crippen LogP contribution in [0.25, 0.3) is 0 Å². The number of carbonyl (C=O) groups excluding carboxylic acids is 4. The van der Waals surface area contributed by atoms with Crippen LogP contribution in [-0.2, 0) is 20.7 Å². The molecule has 1 aliphatic heterocycles. The summed E-state index contributed by atoms with van der Waals surface area (Å²) in [6, 6.07) is 7.38. The number of benzene rings is 2. The Labute approximate surface area is 240 Å². The molecule has 1 aliphatic rings. The molecule has 13 heteroatoms. The number of nitrogens with two attached hydrogens (primary N) is 2. The molecule has 0 fully saturated rings. The van der Waals surface area contributed by atoms with Crippen molar-refractivity contribution < 1.29 is 28.4 Å². The highest BCUT2D eigenvalue weighted by molar-refractivity contribution is 6.45. The zero-order valence-electron chi connectivity index (χ0n) is 23.5. The second-order valence-electron chi connectivity index (χ2n) is 10.1. The van der Waals surface area contributed by atoms with Crippen molar-refractivity contribution in [3.8, 4) is 5.75 Å². The van der Waals surface area contributed by atoms with Gasteiger partial charge in [0.05, 0.1) is 5.56 Å². The van der Waals surface area contributed by atoms with Crippen molar-refractivity contribution in [2.45, 2.75) is 64.8 Å². The van der Waals surface area contributed by atoms with Gasteiger partial charge in [-0.2, -0.15) is 0 Å². The highest BCUT2D eigenvalue weighted by atomic mass is 28.3. The molecule has 1 heterocycles. The summed E-state index contributed by atoms with van der Waals surface area (Å²) in [6.45, 7) is 5.62. The van der Waals surface area contributed by atoms with Crippen LogP contribution in [0.5, 0.6) is 5.75 Å². The van der Waals surface area contributed by atoms with Gasteiger partial charge in [-0.15, -0.1) is 0 Å². The normalized spacial score (nSPS) is 18.3. The summed E-state index contributed by atoms with van der Waals surface area (Å²) in [5, 5.41) is 8.46. The largest absolute Gasteiger partial charge is 0.488 e. The van der Waals surface area contributed by atoms with E-state index in [2.05, 4.69) is 20.9 Å². The van der Waals surface area contributed by atoms with E-state index in [1.807, 2.05) is 13.8 Å². The van der Waals surface area contributed by atoms with Crippen LogP contribution in [-0.4, -0.2) is 51.1 Å². The Hall–Kier alpha value is -4.10. The first-order valence-electron chi connectivity index (χ1n) is 13.6. The van der Waals surface area contributed by atoms with Gasteiger partial charge in [-0.3, -0.25) is 19.2 Å². The number of rotatable bonds is 9. The monoisotopic (exact) mass is 582 g/mol. The Balaban J connectivity index is 2.12. The van der Waals surface area contributed by atoms with Gasteiger partial charge in [0.2, 0.25) is 17.7 Å². The molecule has 2 unspecified atom stereocenters. The van der Waals surface area contributed by atoms with E-state index in [4.69, 9.17) is 16.2 Å². The average molecular weight is 583 g/mol. The number of nitrogens with one attached hydrogen (secondary N) is 4. The van der Waals surface area contributed by atoms with E-state index in [-0.39, 0.29) is 35.1 Å². The molecular formula is C28H38N6O6Si. The standard InChI is InChI=1S/C28H38N6O6Si/c1-4-16(2)24-28(38)31-21(7-5-6-12-29)27(37)32-22-13-17(25(30)35)8-9-18(22)15-40-23-11-10-19(34-41(3)39)14-20(23)26(36)33-24/h8-11,13-14,16,21,24,34H,4-7,12,15,29H2,1-3H3,(H2,30,35)(H,31,38)(H,32,37)(H,33,36)/t16?,21?,24-/m0/s1. The predicted octanol–water partition coefficient (Wildman–Crippen LogP) is 2.04. The molecule has 0 saturated heterocycles. The van der Waals surface area contributed by atoms with Crippen LogP contribution in [0.15, 0.2) is 36.4 Å². The quantitative estimate of drug-likeness (QED) is 0.191. The zero-order valence-corrected chi connectivity index (χ0v) is 24.5. The molecule has 0 radical (unpaired) electrons. The molecule has 0 bridgehead atoms. The number of anilines is 2. The Morgan fingerprint density at radius 3 is 2.54 bits per heavy atom. The SMILES string of the molecule is CCC(C)[C@@H]1NC(=O)c2cc(N[Si](C)=O)ccc2OCc2ccc(C(N)=O)cc2NC(=O)C(CCCCN)NC1=O. The van der Waals surface area contributed by atoms with Gasteiger partial charge in [-0.05, 0) is 68.6 Å². The fourth-order valence-corrected chi connectivity index (χ4v) is 4.97. The third kappa shape index (κ3) is 8.44. The Morgan fingerprint density at radius 1 is 1.12 bits per heavy atom. The van der Waals surface area contributed by atoms with Crippen LogP contribution in [0.1, 0.15) is 65.8 Å². The number of hydrogen-bond acceptors (Lipinski definition) is 7. The first kappa shape index (κ1) is 31.4. The highest BCUT2D eigenvalue weighted by Crippen LogP contribution is 2.27. The number of carbonyl (C=O) groups is 4. The van der Waals surface area contributed by atoms with Gasteiger partial charge in [0, 0.05) is 22.5 Å². The van der Waals surface area contributed by atoms with Gasteiger partial charge in [-0.1, -0.05) is 26.3 Å². The Bertz CT molecular complexity index is 1320. The lowest BCUT2D eigenvalue weighted by atomic mass is 9.96. The minimum Gasteiger partial charge on any atom is -0.488 e. The Kier molecular flexibility index (Phi) is 11.1. The second-order valence-corrected chi connectivity index (χ2v) is 11.5. The van der Waals surface area contributed by atoms with Crippen LogP contribution < -0.4 is 37.1 Å². The molecule has 220 valence electrons. The van der Waals surface area contributed by atoms with E-state index in [9.17, 15) is 23.6 Å². The zero-order chi connectivity index (χ0) is 30.1. The maximum absolute atomic E-state index is 13.6. The van der Waals surface area contributed by atoms with Crippen molar-refractivity contribution in [1.29, 1.82) is 0 Å². The summed E-state index contributed by atoms with van der Waals surface area (Å²) < 4.78 is 17.9. The van der Waals surface area contributed by atoms with E-state index in [1.54, 1.807) is 18.2 Å². The van der Waals surface area contributed by atoms with E-state index in [1.165, 1.54) is 24.7 Å². The summed E-state index contributed by atoms with van der Waals surface area (Å²) in [6.07, 6.45) is 2.12. The van der Waals surface area contributed by atoms with Crippen molar-refractivity contribution in [3.63, 3.8) is 0 Å². The molecule has 8 N–H and O–H groups in total. The van der Waals surface area contributed by atoms with Gasteiger partial charge < -0.3 is 41.6 Å². The van der Waals surface area contributed by atoms with Crippen molar-refractivity contribution in [2.24, 2.45) is 17.4 Å². The molecule has 0 aliphatic carbocycles. The average Bonchev–Trinajstić information content (AvgIpc) is 2.93. The summed E-state index contributed by atoms with van der Waals surface area (Å²) in [7, 11) is -2.11. The molecule has 2 aromatic carbocycles. The second kappa shape index (κ2) is 14.5. The first-order valence-corrected chi connectivity index (χ1v) is 15.5. The third-order valence-corrected chi connectivity index (χ3v) is 7.58. The molecule has 2 aromatic rings.